The fourth-order valence-corrected chi connectivity index (χ4v) is 4.51. The molecule has 5 rings (SSSR count). The Hall–Kier alpha value is -3.72. The molecule has 3 aromatic rings. The Balaban J connectivity index is 1.48. The molecule has 1 fully saturated rings. The number of ether oxygens (including phenoxy) is 1. The number of hydrogen-bond donors (Lipinski definition) is 0. The molecule has 2 aliphatic rings. The van der Waals surface area contributed by atoms with E-state index in [0.29, 0.717) is 21.9 Å². The number of likely N-dealkylation sites (N-methyl/N-ethyl adjacent to an activating group) is 1. The number of anilines is 1. The van der Waals surface area contributed by atoms with E-state index >= 15 is 0 Å². The van der Waals surface area contributed by atoms with E-state index in [1.54, 1.807) is 36.4 Å². The first-order chi connectivity index (χ1) is 15.3. The Morgan fingerprint density at radius 2 is 1.97 bits per heavy atom. The van der Waals surface area contributed by atoms with Crippen molar-refractivity contribution in [3.63, 3.8) is 0 Å². The highest BCUT2D eigenvalue weighted by molar-refractivity contribution is 6.30. The normalized spacial score (nSPS) is 19.8. The van der Waals surface area contributed by atoms with Crippen molar-refractivity contribution in [1.82, 2.24) is 14.3 Å². The SMILES string of the molecule is CN1C(=O)c2ccccc2N2C(=O)CCC12C(=O)OCc1cc(=O)n2cc(Cl)ccc2n1. The lowest BCUT2D eigenvalue weighted by atomic mass is 9.97. The van der Waals surface area contributed by atoms with Gasteiger partial charge in [0.2, 0.25) is 11.6 Å². The van der Waals surface area contributed by atoms with E-state index in [1.165, 1.54) is 33.5 Å². The minimum Gasteiger partial charge on any atom is -0.456 e. The summed E-state index contributed by atoms with van der Waals surface area (Å²) in [7, 11) is 1.48. The molecule has 9 nitrogen and oxygen atoms in total. The van der Waals surface area contributed by atoms with Crippen LogP contribution in [-0.4, -0.2) is 44.8 Å². The number of halogens is 1. The number of rotatable bonds is 3. The summed E-state index contributed by atoms with van der Waals surface area (Å²) in [6, 6.07) is 11.1. The highest BCUT2D eigenvalue weighted by atomic mass is 35.5. The predicted octanol–water partition coefficient (Wildman–Crippen LogP) is 2.00. The molecule has 0 N–H and O–H groups in total. The van der Waals surface area contributed by atoms with E-state index < -0.39 is 11.6 Å². The van der Waals surface area contributed by atoms with E-state index in [-0.39, 0.29) is 42.5 Å². The summed E-state index contributed by atoms with van der Waals surface area (Å²) in [6.45, 7) is -0.291. The van der Waals surface area contributed by atoms with Crippen molar-refractivity contribution in [3.05, 3.63) is 75.3 Å². The first-order valence-electron chi connectivity index (χ1n) is 9.88. The smallest absolute Gasteiger partial charge is 0.354 e. The second-order valence-corrected chi connectivity index (χ2v) is 8.10. The average molecular weight is 453 g/mol. The second-order valence-electron chi connectivity index (χ2n) is 7.66. The number of esters is 1. The number of amides is 2. The maximum atomic E-state index is 13.3. The minimum atomic E-state index is -1.58. The lowest BCUT2D eigenvalue weighted by Crippen LogP contribution is -2.67. The third-order valence-electron chi connectivity index (χ3n) is 5.90. The third-order valence-corrected chi connectivity index (χ3v) is 6.12. The van der Waals surface area contributed by atoms with E-state index in [4.69, 9.17) is 16.3 Å². The third kappa shape index (κ3) is 2.81. The van der Waals surface area contributed by atoms with Crippen LogP contribution in [0.3, 0.4) is 0 Å². The van der Waals surface area contributed by atoms with Crippen LogP contribution in [0.5, 0.6) is 0 Å². The lowest BCUT2D eigenvalue weighted by molar-refractivity contribution is -0.158. The van der Waals surface area contributed by atoms with Gasteiger partial charge in [0.05, 0.1) is 22.0 Å². The fraction of sp³-hybridized carbons (Fsp3) is 0.227. The fourth-order valence-electron chi connectivity index (χ4n) is 4.35. The number of nitrogens with zero attached hydrogens (tertiary/aromatic N) is 4. The minimum absolute atomic E-state index is 0.0946. The number of carbonyl (C=O) groups is 3. The van der Waals surface area contributed by atoms with Crippen LogP contribution in [0, 0.1) is 0 Å². The van der Waals surface area contributed by atoms with Crippen molar-refractivity contribution in [3.8, 4) is 0 Å². The summed E-state index contributed by atoms with van der Waals surface area (Å²) in [5.41, 5.74) is -0.642. The summed E-state index contributed by atoms with van der Waals surface area (Å²) < 4.78 is 6.80. The van der Waals surface area contributed by atoms with Crippen molar-refractivity contribution in [2.24, 2.45) is 0 Å². The van der Waals surface area contributed by atoms with E-state index in [9.17, 15) is 19.2 Å². The molecule has 1 saturated heterocycles. The van der Waals surface area contributed by atoms with Crippen LogP contribution < -0.4 is 10.5 Å². The molecule has 0 saturated carbocycles. The number of pyridine rings is 1. The molecule has 1 atom stereocenters. The van der Waals surface area contributed by atoms with E-state index in [0.717, 1.165) is 0 Å². The Morgan fingerprint density at radius 3 is 2.78 bits per heavy atom. The maximum Gasteiger partial charge on any atom is 0.354 e. The standard InChI is InChI=1S/C22H17ClN4O5/c1-25-20(30)15-4-2-3-5-16(15)27-18(28)8-9-22(25,27)21(31)32-12-14-10-19(29)26-11-13(23)6-7-17(26)24-14/h2-7,10-11H,8-9,12H2,1H3. The zero-order valence-corrected chi connectivity index (χ0v) is 17.7. The Morgan fingerprint density at radius 1 is 1.19 bits per heavy atom. The highest BCUT2D eigenvalue weighted by Gasteiger charge is 2.60. The Labute approximate surface area is 186 Å². The number of fused-ring (bicyclic) bond motifs is 4. The van der Waals surface area contributed by atoms with Crippen LogP contribution >= 0.6 is 11.6 Å². The van der Waals surface area contributed by atoms with Gasteiger partial charge in [-0.2, -0.15) is 0 Å². The lowest BCUT2D eigenvalue weighted by Gasteiger charge is -2.46. The largest absolute Gasteiger partial charge is 0.456 e. The molecule has 0 spiro atoms. The summed E-state index contributed by atoms with van der Waals surface area (Å²) in [4.78, 5) is 58.4. The molecule has 2 aliphatic heterocycles. The van der Waals surface area contributed by atoms with Gasteiger partial charge in [0.1, 0.15) is 12.3 Å². The van der Waals surface area contributed by atoms with Gasteiger partial charge < -0.3 is 9.64 Å². The first kappa shape index (κ1) is 20.2. The number of aromatic nitrogens is 2. The van der Waals surface area contributed by atoms with Crippen LogP contribution in [0.4, 0.5) is 5.69 Å². The van der Waals surface area contributed by atoms with Crippen LogP contribution in [-0.2, 0) is 20.9 Å². The molecule has 4 heterocycles. The quantitative estimate of drug-likeness (QED) is 0.563. The first-order valence-corrected chi connectivity index (χ1v) is 10.3. The van der Waals surface area contributed by atoms with Gasteiger partial charge in [-0.25, -0.2) is 9.78 Å². The summed E-state index contributed by atoms with van der Waals surface area (Å²) in [6.07, 6.45) is 1.65. The molecule has 162 valence electrons. The van der Waals surface area contributed by atoms with Crippen molar-refractivity contribution >= 4 is 40.7 Å². The molecule has 10 heteroatoms. The molecule has 32 heavy (non-hydrogen) atoms. The maximum absolute atomic E-state index is 13.3. The van der Waals surface area contributed by atoms with Crippen LogP contribution in [0.15, 0.2) is 53.5 Å². The molecule has 0 bridgehead atoms. The van der Waals surface area contributed by atoms with Gasteiger partial charge in [0, 0.05) is 32.2 Å². The van der Waals surface area contributed by atoms with Crippen molar-refractivity contribution in [1.29, 1.82) is 0 Å². The topological polar surface area (TPSA) is 101 Å². The van der Waals surface area contributed by atoms with Gasteiger partial charge in [0.25, 0.3) is 11.5 Å². The molecular formula is C22H17ClN4O5. The van der Waals surface area contributed by atoms with Crippen LogP contribution in [0.25, 0.3) is 5.65 Å². The molecule has 0 radical (unpaired) electrons. The van der Waals surface area contributed by atoms with Gasteiger partial charge >= 0.3 is 5.97 Å². The monoisotopic (exact) mass is 452 g/mol. The van der Waals surface area contributed by atoms with E-state index in [2.05, 4.69) is 4.98 Å². The number of para-hydroxylation sites is 1. The molecular weight excluding hydrogens is 436 g/mol. The molecule has 2 aromatic heterocycles. The molecule has 0 aliphatic carbocycles. The number of carbonyl (C=O) groups excluding carboxylic acids is 3. The molecule has 1 aromatic carbocycles. The van der Waals surface area contributed by atoms with Gasteiger partial charge in [-0.05, 0) is 24.3 Å². The Kier molecular flexibility index (Phi) is 4.52. The Bertz CT molecular complexity index is 1370. The van der Waals surface area contributed by atoms with Crippen molar-refractivity contribution < 1.29 is 19.1 Å². The zero-order valence-electron chi connectivity index (χ0n) is 16.9. The second kappa shape index (κ2) is 7.16. The van der Waals surface area contributed by atoms with Crippen LogP contribution in [0.1, 0.15) is 28.9 Å². The molecule has 2 amide bonds. The van der Waals surface area contributed by atoms with Crippen molar-refractivity contribution in [2.75, 3.05) is 11.9 Å². The van der Waals surface area contributed by atoms with Crippen molar-refractivity contribution in [2.45, 2.75) is 25.1 Å². The summed E-state index contributed by atoms with van der Waals surface area (Å²) in [5, 5.41) is 0.385. The average Bonchev–Trinajstić information content (AvgIpc) is 3.15. The highest BCUT2D eigenvalue weighted by Crippen LogP contribution is 2.44. The van der Waals surface area contributed by atoms with Gasteiger partial charge in [-0.1, -0.05) is 23.7 Å². The van der Waals surface area contributed by atoms with Crippen LogP contribution in [0.2, 0.25) is 5.02 Å². The molecule has 1 unspecified atom stereocenters. The van der Waals surface area contributed by atoms with E-state index in [1.807, 2.05) is 0 Å². The number of hydrogen-bond acceptors (Lipinski definition) is 6. The van der Waals surface area contributed by atoms with Gasteiger partial charge in [-0.15, -0.1) is 0 Å². The zero-order chi connectivity index (χ0) is 22.6. The summed E-state index contributed by atoms with van der Waals surface area (Å²) in [5.74, 6) is -1.40. The number of benzene rings is 1. The summed E-state index contributed by atoms with van der Waals surface area (Å²) >= 11 is 5.92. The van der Waals surface area contributed by atoms with Gasteiger partial charge in [-0.3, -0.25) is 23.7 Å². The predicted molar refractivity (Wildman–Crippen MR) is 114 cm³/mol. The van der Waals surface area contributed by atoms with Gasteiger partial charge in [0.15, 0.2) is 0 Å².